The van der Waals surface area contributed by atoms with Gasteiger partial charge in [0.1, 0.15) is 12.4 Å². The third-order valence-electron chi connectivity index (χ3n) is 10.1. The molecule has 3 N–H and O–H groups in total. The van der Waals surface area contributed by atoms with Gasteiger partial charge in [0.25, 0.3) is 5.56 Å². The Morgan fingerprint density at radius 2 is 1.96 bits per heavy atom. The Bertz CT molecular complexity index is 1870. The molecule has 250 valence electrons. The van der Waals surface area contributed by atoms with Gasteiger partial charge in [-0.1, -0.05) is 6.92 Å². The lowest BCUT2D eigenvalue weighted by molar-refractivity contribution is -0.172. The number of esters is 1. The van der Waals surface area contributed by atoms with Crippen molar-refractivity contribution in [2.24, 2.45) is 0 Å². The van der Waals surface area contributed by atoms with Crippen LogP contribution in [0.25, 0.3) is 22.3 Å². The third kappa shape index (κ3) is 5.39. The highest BCUT2D eigenvalue weighted by Gasteiger charge is 2.46. The molecule has 2 atom stereocenters. The summed E-state index contributed by atoms with van der Waals surface area (Å²) < 4.78 is 22.0. The van der Waals surface area contributed by atoms with Crippen molar-refractivity contribution in [2.75, 3.05) is 39.8 Å². The van der Waals surface area contributed by atoms with Crippen LogP contribution in [-0.4, -0.2) is 87.2 Å². The minimum absolute atomic E-state index is 0.0247. The van der Waals surface area contributed by atoms with Gasteiger partial charge in [-0.05, 0) is 56.0 Å². The molecule has 0 spiro atoms. The second-order valence-electron chi connectivity index (χ2n) is 12.7. The normalized spacial score (nSPS) is 19.3. The van der Waals surface area contributed by atoms with Crippen molar-refractivity contribution in [2.45, 2.75) is 71.2 Å². The van der Waals surface area contributed by atoms with E-state index in [4.69, 9.17) is 14.8 Å². The lowest BCUT2D eigenvalue weighted by Gasteiger charge is -2.35. The van der Waals surface area contributed by atoms with E-state index >= 15 is 4.39 Å². The Kier molecular flexibility index (Phi) is 8.66. The molecule has 13 heteroatoms. The number of carbonyl (C=O) groups is 3. The molecule has 2 aliphatic heterocycles. The van der Waals surface area contributed by atoms with Crippen LogP contribution in [0.4, 0.5) is 4.39 Å². The molecule has 12 nitrogen and oxygen atoms in total. The molecule has 0 saturated carbocycles. The second kappa shape index (κ2) is 12.4. The van der Waals surface area contributed by atoms with Crippen molar-refractivity contribution in [3.8, 4) is 11.4 Å². The fourth-order valence-corrected chi connectivity index (χ4v) is 7.37. The quantitative estimate of drug-likeness (QED) is 0.218. The first kappa shape index (κ1) is 32.7. The zero-order valence-electron chi connectivity index (χ0n) is 27.1. The van der Waals surface area contributed by atoms with Gasteiger partial charge in [-0.15, -0.1) is 0 Å². The van der Waals surface area contributed by atoms with Gasteiger partial charge in [-0.2, -0.15) is 0 Å². The fraction of sp³-hybridized carbons (Fsp3) is 0.500. The highest BCUT2D eigenvalue weighted by molar-refractivity contribution is 5.93. The zero-order valence-corrected chi connectivity index (χ0v) is 27.1. The Morgan fingerprint density at radius 3 is 2.66 bits per heavy atom. The molecule has 1 aliphatic carbocycles. The van der Waals surface area contributed by atoms with Gasteiger partial charge in [0.2, 0.25) is 11.8 Å². The molecule has 47 heavy (non-hydrogen) atoms. The molecule has 0 bridgehead atoms. The predicted octanol–water partition coefficient (Wildman–Crippen LogP) is 1.79. The number of cyclic esters (lactones) is 1. The standard InChI is InChI=1S/C34H40FN5O7/c1-5-34(46)23-14-27-31-21(16-40(27)32(44)22(23)17-47-33(34)45)30-26(7-6-20-18(2)24(35)15-25(37-31)29(20)30)38(4)10-8-28(43)36-9-11-39(12-13-41)19(3)42/h14-15,26,41,46H,5-13,16-17H2,1-4H3,(H,36,43)/t26?,34-/m0/s1. The van der Waals surface area contributed by atoms with E-state index in [2.05, 4.69) is 10.2 Å². The molecule has 3 aromatic rings. The van der Waals surface area contributed by atoms with E-state index in [0.29, 0.717) is 48.4 Å². The zero-order chi connectivity index (χ0) is 33.8. The number of hydrogen-bond acceptors (Lipinski definition) is 9. The largest absolute Gasteiger partial charge is 0.458 e. The number of ether oxygens (including phenoxy) is 1. The number of rotatable bonds is 10. The molecular formula is C34H40FN5O7. The molecule has 6 rings (SSSR count). The van der Waals surface area contributed by atoms with Crippen LogP contribution in [0.2, 0.25) is 0 Å². The van der Waals surface area contributed by atoms with Gasteiger partial charge in [0.05, 0.1) is 35.6 Å². The van der Waals surface area contributed by atoms with Crippen LogP contribution in [0, 0.1) is 12.7 Å². The topological polar surface area (TPSA) is 154 Å². The first-order valence-electron chi connectivity index (χ1n) is 16.1. The van der Waals surface area contributed by atoms with E-state index in [1.807, 2.05) is 7.05 Å². The van der Waals surface area contributed by atoms with Gasteiger partial charge in [0, 0.05) is 68.1 Å². The van der Waals surface area contributed by atoms with Crippen molar-refractivity contribution < 1.29 is 33.7 Å². The molecular weight excluding hydrogens is 609 g/mol. The van der Waals surface area contributed by atoms with Crippen LogP contribution >= 0.6 is 0 Å². The number of pyridine rings is 2. The molecule has 0 radical (unpaired) electrons. The summed E-state index contributed by atoms with van der Waals surface area (Å²) in [6, 6.07) is 2.92. The minimum atomic E-state index is -1.96. The average molecular weight is 650 g/mol. The van der Waals surface area contributed by atoms with E-state index in [1.54, 1.807) is 24.5 Å². The number of nitrogens with zero attached hydrogens (tertiary/aromatic N) is 4. The SMILES string of the molecule is CC[C@@]1(O)C(=O)OCc2c1cc1n(c2=O)Cc2c-1nc1cc(F)c(C)c3c1c2C(N(C)CCC(=O)NCCN(CCO)C(C)=O)CC3. The number of carbonyl (C=O) groups excluding carboxylic acids is 3. The molecule has 1 unspecified atom stereocenters. The summed E-state index contributed by atoms with van der Waals surface area (Å²) in [6.07, 6.45) is 1.51. The Balaban J connectivity index is 1.35. The highest BCUT2D eigenvalue weighted by atomic mass is 19.1. The number of hydrogen-bond donors (Lipinski definition) is 3. The lowest BCUT2D eigenvalue weighted by atomic mass is 9.81. The number of halogens is 1. The average Bonchev–Trinajstić information content (AvgIpc) is 3.42. The van der Waals surface area contributed by atoms with Crippen LogP contribution in [-0.2, 0) is 44.3 Å². The minimum Gasteiger partial charge on any atom is -0.458 e. The van der Waals surface area contributed by atoms with Crippen LogP contribution in [0.5, 0.6) is 0 Å². The first-order chi connectivity index (χ1) is 22.4. The summed E-state index contributed by atoms with van der Waals surface area (Å²) in [5, 5.41) is 24.2. The van der Waals surface area contributed by atoms with E-state index in [-0.39, 0.29) is 86.0 Å². The van der Waals surface area contributed by atoms with Gasteiger partial charge in [0.15, 0.2) is 5.60 Å². The number of fused-ring (bicyclic) bond motifs is 5. The summed E-state index contributed by atoms with van der Waals surface area (Å²) in [5.74, 6) is -1.51. The van der Waals surface area contributed by atoms with Gasteiger partial charge in [-0.3, -0.25) is 19.3 Å². The Morgan fingerprint density at radius 1 is 1.19 bits per heavy atom. The molecule has 4 heterocycles. The van der Waals surface area contributed by atoms with Crippen molar-refractivity contribution >= 4 is 28.7 Å². The van der Waals surface area contributed by atoms with Crippen LogP contribution in [0.1, 0.15) is 72.5 Å². The van der Waals surface area contributed by atoms with Crippen LogP contribution in [0.3, 0.4) is 0 Å². The van der Waals surface area contributed by atoms with Crippen molar-refractivity contribution in [1.29, 1.82) is 0 Å². The number of aliphatic hydroxyl groups excluding tert-OH is 1. The summed E-state index contributed by atoms with van der Waals surface area (Å²) >= 11 is 0. The van der Waals surface area contributed by atoms with Crippen molar-refractivity contribution in [3.63, 3.8) is 0 Å². The van der Waals surface area contributed by atoms with E-state index in [1.165, 1.54) is 17.9 Å². The van der Waals surface area contributed by atoms with Crippen molar-refractivity contribution in [3.05, 3.63) is 61.7 Å². The van der Waals surface area contributed by atoms with Crippen LogP contribution < -0.4 is 10.9 Å². The van der Waals surface area contributed by atoms with Gasteiger partial charge < -0.3 is 29.7 Å². The number of aliphatic hydroxyl groups is 2. The van der Waals surface area contributed by atoms with Gasteiger partial charge in [-0.25, -0.2) is 14.2 Å². The van der Waals surface area contributed by atoms with E-state index in [0.717, 1.165) is 22.1 Å². The lowest BCUT2D eigenvalue weighted by Crippen LogP contribution is -2.44. The van der Waals surface area contributed by atoms with Crippen LogP contribution in [0.15, 0.2) is 16.9 Å². The third-order valence-corrected chi connectivity index (χ3v) is 10.1. The Hall–Kier alpha value is -4.20. The van der Waals surface area contributed by atoms with Crippen molar-refractivity contribution in [1.82, 2.24) is 24.7 Å². The van der Waals surface area contributed by atoms with Gasteiger partial charge >= 0.3 is 5.97 Å². The molecule has 0 fully saturated rings. The fourth-order valence-electron chi connectivity index (χ4n) is 7.37. The number of aryl methyl sites for hydroxylation is 1. The molecule has 0 saturated heterocycles. The summed E-state index contributed by atoms with van der Waals surface area (Å²) in [5.41, 5.74) is 2.77. The summed E-state index contributed by atoms with van der Waals surface area (Å²) in [6.45, 7) is 5.85. The first-order valence-corrected chi connectivity index (χ1v) is 16.1. The smallest absolute Gasteiger partial charge is 0.343 e. The number of amides is 2. The summed E-state index contributed by atoms with van der Waals surface area (Å²) in [7, 11) is 1.94. The summed E-state index contributed by atoms with van der Waals surface area (Å²) in [4.78, 5) is 59.4. The number of nitrogens with one attached hydrogen (secondary N) is 1. The second-order valence-corrected chi connectivity index (χ2v) is 12.7. The molecule has 1 aromatic carbocycles. The molecule has 2 aromatic heterocycles. The highest BCUT2D eigenvalue weighted by Crippen LogP contribution is 2.47. The van der Waals surface area contributed by atoms with E-state index in [9.17, 15) is 24.3 Å². The maximum Gasteiger partial charge on any atom is 0.343 e. The predicted molar refractivity (Wildman–Crippen MR) is 170 cm³/mol. The number of benzene rings is 1. The number of aromatic nitrogens is 2. The Labute approximate surface area is 271 Å². The molecule has 2 amide bonds. The maximum absolute atomic E-state index is 15.2. The monoisotopic (exact) mass is 649 g/mol. The molecule has 3 aliphatic rings. The maximum atomic E-state index is 15.2. The van der Waals surface area contributed by atoms with E-state index < -0.39 is 11.6 Å².